The van der Waals surface area contributed by atoms with E-state index >= 15 is 0 Å². The van der Waals surface area contributed by atoms with Gasteiger partial charge in [0.15, 0.2) is 5.03 Å². The second kappa shape index (κ2) is 4.28. The first-order chi connectivity index (χ1) is 7.68. The minimum atomic E-state index is -3.74. The van der Waals surface area contributed by atoms with Gasteiger partial charge in [0, 0.05) is 6.20 Å². The quantitative estimate of drug-likeness (QED) is 0.757. The standard InChI is InChI=1S/C10H8N2O3S/c13-16(14,10-5-1-2-6-11-10)12-8-9-4-3-7-15-9/h1-8H/b12-8+. The van der Waals surface area contributed by atoms with E-state index in [2.05, 4.69) is 9.38 Å². The Balaban J connectivity index is 2.28. The SMILES string of the molecule is O=S(=O)(/N=C/c1ccco1)c1ccccn1. The van der Waals surface area contributed by atoms with Crippen LogP contribution in [0.2, 0.25) is 0 Å². The Morgan fingerprint density at radius 2 is 2.12 bits per heavy atom. The van der Waals surface area contributed by atoms with Crippen molar-refractivity contribution in [1.82, 2.24) is 4.98 Å². The summed E-state index contributed by atoms with van der Waals surface area (Å²) in [6.45, 7) is 0. The van der Waals surface area contributed by atoms with Gasteiger partial charge in [-0.2, -0.15) is 12.8 Å². The summed E-state index contributed by atoms with van der Waals surface area (Å²) in [6, 6.07) is 7.86. The van der Waals surface area contributed by atoms with E-state index in [1.54, 1.807) is 24.3 Å². The first-order valence-corrected chi connectivity index (χ1v) is 5.87. The smallest absolute Gasteiger partial charge is 0.299 e. The fourth-order valence-electron chi connectivity index (χ4n) is 1.04. The van der Waals surface area contributed by atoms with Crippen molar-refractivity contribution < 1.29 is 12.8 Å². The molecule has 0 atom stereocenters. The van der Waals surface area contributed by atoms with Crippen molar-refractivity contribution in [1.29, 1.82) is 0 Å². The average Bonchev–Trinajstić information content (AvgIpc) is 2.81. The predicted molar refractivity (Wildman–Crippen MR) is 57.7 cm³/mol. The fraction of sp³-hybridized carbons (Fsp3) is 0. The molecule has 2 rings (SSSR count). The van der Waals surface area contributed by atoms with Crippen molar-refractivity contribution in [2.24, 2.45) is 4.40 Å². The summed E-state index contributed by atoms with van der Waals surface area (Å²) < 4.78 is 31.6. The van der Waals surface area contributed by atoms with E-state index in [1.807, 2.05) is 0 Å². The molecule has 5 nitrogen and oxygen atoms in total. The number of hydrogen-bond acceptors (Lipinski definition) is 4. The monoisotopic (exact) mass is 236 g/mol. The molecular weight excluding hydrogens is 228 g/mol. The Bertz CT molecular complexity index is 574. The highest BCUT2D eigenvalue weighted by molar-refractivity contribution is 7.90. The van der Waals surface area contributed by atoms with Crippen LogP contribution in [0.25, 0.3) is 0 Å². The van der Waals surface area contributed by atoms with Crippen molar-refractivity contribution in [3.05, 3.63) is 48.6 Å². The van der Waals surface area contributed by atoms with E-state index in [0.717, 1.165) is 6.21 Å². The third-order valence-electron chi connectivity index (χ3n) is 1.76. The summed E-state index contributed by atoms with van der Waals surface area (Å²) in [7, 11) is -3.74. The number of furan rings is 1. The van der Waals surface area contributed by atoms with Crippen LogP contribution in [-0.2, 0) is 10.0 Å². The van der Waals surface area contributed by atoms with Crippen LogP contribution in [0, 0.1) is 0 Å². The second-order valence-corrected chi connectivity index (χ2v) is 4.47. The molecule has 0 saturated carbocycles. The van der Waals surface area contributed by atoms with Crippen LogP contribution >= 0.6 is 0 Å². The van der Waals surface area contributed by atoms with Crippen LogP contribution in [0.15, 0.2) is 56.6 Å². The largest absolute Gasteiger partial charge is 0.463 e. The molecule has 0 radical (unpaired) electrons. The van der Waals surface area contributed by atoms with Crippen LogP contribution in [0.3, 0.4) is 0 Å². The maximum atomic E-state index is 11.6. The van der Waals surface area contributed by atoms with Gasteiger partial charge in [-0.3, -0.25) is 0 Å². The zero-order valence-corrected chi connectivity index (χ0v) is 8.96. The summed E-state index contributed by atoms with van der Waals surface area (Å²) in [5.41, 5.74) is 0. The van der Waals surface area contributed by atoms with Gasteiger partial charge in [0.2, 0.25) is 0 Å². The van der Waals surface area contributed by atoms with Gasteiger partial charge in [0.25, 0.3) is 10.0 Å². The van der Waals surface area contributed by atoms with E-state index in [0.29, 0.717) is 5.76 Å². The van der Waals surface area contributed by atoms with Crippen molar-refractivity contribution in [3.8, 4) is 0 Å². The van der Waals surface area contributed by atoms with Crippen molar-refractivity contribution in [2.45, 2.75) is 5.03 Å². The fourth-order valence-corrected chi connectivity index (χ4v) is 1.83. The molecule has 0 fully saturated rings. The van der Waals surface area contributed by atoms with Gasteiger partial charge in [-0.25, -0.2) is 4.98 Å². The van der Waals surface area contributed by atoms with Crippen LogP contribution < -0.4 is 0 Å². The van der Waals surface area contributed by atoms with E-state index < -0.39 is 10.0 Å². The van der Waals surface area contributed by atoms with Gasteiger partial charge in [-0.05, 0) is 24.3 Å². The van der Waals surface area contributed by atoms with Gasteiger partial charge in [0.1, 0.15) is 5.76 Å². The lowest BCUT2D eigenvalue weighted by molar-refractivity contribution is 0.560. The van der Waals surface area contributed by atoms with Crippen LogP contribution in [0.1, 0.15) is 5.76 Å². The summed E-state index contributed by atoms with van der Waals surface area (Å²) in [5.74, 6) is 0.375. The highest BCUT2D eigenvalue weighted by Gasteiger charge is 2.12. The molecule has 82 valence electrons. The maximum absolute atomic E-state index is 11.6. The Hall–Kier alpha value is -1.95. The normalized spacial score (nSPS) is 12.0. The van der Waals surface area contributed by atoms with Crippen LogP contribution in [0.4, 0.5) is 0 Å². The summed E-state index contributed by atoms with van der Waals surface area (Å²) in [5, 5.41) is -0.0854. The highest BCUT2D eigenvalue weighted by Crippen LogP contribution is 2.08. The predicted octanol–water partition coefficient (Wildman–Crippen LogP) is 1.48. The van der Waals surface area contributed by atoms with Gasteiger partial charge in [-0.1, -0.05) is 6.07 Å². The molecule has 0 aliphatic carbocycles. The zero-order chi connectivity index (χ0) is 11.4. The van der Waals surface area contributed by atoms with Gasteiger partial charge in [0.05, 0.1) is 12.5 Å². The van der Waals surface area contributed by atoms with Crippen LogP contribution in [-0.4, -0.2) is 19.6 Å². The van der Waals surface area contributed by atoms with Gasteiger partial charge < -0.3 is 4.42 Å². The van der Waals surface area contributed by atoms with E-state index in [-0.39, 0.29) is 5.03 Å². The molecule has 16 heavy (non-hydrogen) atoms. The summed E-state index contributed by atoms with van der Waals surface area (Å²) in [4.78, 5) is 3.72. The maximum Gasteiger partial charge on any atom is 0.299 e. The molecular formula is C10H8N2O3S. The Labute approximate surface area is 92.5 Å². The number of hydrogen-bond donors (Lipinski definition) is 0. The molecule has 0 saturated heterocycles. The molecule has 0 aromatic carbocycles. The first kappa shape index (κ1) is 10.6. The molecule has 6 heteroatoms. The third-order valence-corrected chi connectivity index (χ3v) is 2.92. The number of sulfonamides is 1. The first-order valence-electron chi connectivity index (χ1n) is 4.43. The average molecular weight is 236 g/mol. The van der Waals surface area contributed by atoms with Gasteiger partial charge in [-0.15, -0.1) is 0 Å². The topological polar surface area (TPSA) is 72.5 Å². The minimum absolute atomic E-state index is 0.0854. The number of nitrogens with zero attached hydrogens (tertiary/aromatic N) is 2. The van der Waals surface area contributed by atoms with E-state index in [9.17, 15) is 8.42 Å². The molecule has 2 heterocycles. The van der Waals surface area contributed by atoms with Crippen molar-refractivity contribution >= 4 is 16.2 Å². The van der Waals surface area contributed by atoms with E-state index in [4.69, 9.17) is 4.42 Å². The zero-order valence-electron chi connectivity index (χ0n) is 8.15. The minimum Gasteiger partial charge on any atom is -0.463 e. The Morgan fingerprint density at radius 3 is 2.75 bits per heavy atom. The summed E-state index contributed by atoms with van der Waals surface area (Å²) >= 11 is 0. The molecule has 0 aliphatic rings. The molecule has 0 amide bonds. The molecule has 0 N–H and O–H groups in total. The number of rotatable bonds is 3. The lowest BCUT2D eigenvalue weighted by atomic mass is 10.5. The molecule has 0 aliphatic heterocycles. The van der Waals surface area contributed by atoms with Crippen molar-refractivity contribution in [3.63, 3.8) is 0 Å². The lowest BCUT2D eigenvalue weighted by Gasteiger charge is -1.94. The lowest BCUT2D eigenvalue weighted by Crippen LogP contribution is -1.99. The molecule has 0 bridgehead atoms. The number of pyridine rings is 1. The summed E-state index contributed by atoms with van der Waals surface area (Å²) in [6.07, 6.45) is 3.98. The molecule has 2 aromatic rings. The second-order valence-electron chi connectivity index (χ2n) is 2.89. The van der Waals surface area contributed by atoms with Crippen molar-refractivity contribution in [2.75, 3.05) is 0 Å². The third kappa shape index (κ3) is 2.34. The molecule has 0 spiro atoms. The van der Waals surface area contributed by atoms with Crippen LogP contribution in [0.5, 0.6) is 0 Å². The Morgan fingerprint density at radius 1 is 1.25 bits per heavy atom. The van der Waals surface area contributed by atoms with E-state index in [1.165, 1.54) is 18.5 Å². The molecule has 0 unspecified atom stereocenters. The van der Waals surface area contributed by atoms with Gasteiger partial charge >= 0.3 is 0 Å². The number of aromatic nitrogens is 1. The Kier molecular flexibility index (Phi) is 2.82. The molecule has 2 aromatic heterocycles. The highest BCUT2D eigenvalue weighted by atomic mass is 32.2.